The molecule has 35 heavy (non-hydrogen) atoms. The molecule has 0 heterocycles. The van der Waals surface area contributed by atoms with E-state index >= 15 is 0 Å². The summed E-state index contributed by atoms with van der Waals surface area (Å²) >= 11 is 0. The lowest BCUT2D eigenvalue weighted by atomic mass is 9.96. The highest BCUT2D eigenvalue weighted by molar-refractivity contribution is 5.92. The van der Waals surface area contributed by atoms with Crippen LogP contribution in [0.5, 0.6) is 0 Å². The minimum atomic E-state index is -1.08. The number of alkyl carbamates (subject to hydrolysis) is 1. The number of amides is 3. The molecule has 2 atom stereocenters. The minimum absolute atomic E-state index is 0.121. The summed E-state index contributed by atoms with van der Waals surface area (Å²) in [7, 11) is 0. The number of unbranched alkanes of at least 4 members (excludes halogenated alkanes) is 2. The zero-order valence-electron chi connectivity index (χ0n) is 21.9. The van der Waals surface area contributed by atoms with Crippen molar-refractivity contribution in [1.29, 1.82) is 0 Å². The topological polar surface area (TPSA) is 108 Å². The van der Waals surface area contributed by atoms with Crippen LogP contribution in [0.2, 0.25) is 0 Å². The van der Waals surface area contributed by atoms with Gasteiger partial charge < -0.3 is 25.4 Å². The molecule has 1 aromatic carbocycles. The van der Waals surface area contributed by atoms with Crippen LogP contribution in [0.1, 0.15) is 78.0 Å². The summed E-state index contributed by atoms with van der Waals surface area (Å²) in [6.07, 6.45) is 7.72. The van der Waals surface area contributed by atoms with Crippen molar-refractivity contribution in [2.45, 2.75) is 78.5 Å². The van der Waals surface area contributed by atoms with Crippen LogP contribution in [0.25, 0.3) is 0 Å². The van der Waals surface area contributed by atoms with Gasteiger partial charge in [0.25, 0.3) is 0 Å². The SMILES string of the molecule is C#Cc1ccccc1C(C(=O)NCCCCC)N(CCO)C(=O)C(NC(=O)OC(C)(C)C)C(C)C. The molecule has 8 heteroatoms. The maximum absolute atomic E-state index is 13.8. The van der Waals surface area contributed by atoms with E-state index in [-0.39, 0.29) is 19.1 Å². The Labute approximate surface area is 209 Å². The minimum Gasteiger partial charge on any atom is -0.444 e. The summed E-state index contributed by atoms with van der Waals surface area (Å²) < 4.78 is 5.34. The Bertz CT molecular complexity index is 886. The second-order valence-electron chi connectivity index (χ2n) is 9.76. The number of aliphatic hydroxyl groups excluding tert-OH is 1. The highest BCUT2D eigenvalue weighted by Crippen LogP contribution is 2.26. The quantitative estimate of drug-likeness (QED) is 0.309. The van der Waals surface area contributed by atoms with E-state index < -0.39 is 35.6 Å². The average Bonchev–Trinajstić information content (AvgIpc) is 2.78. The van der Waals surface area contributed by atoms with Crippen LogP contribution in [0.15, 0.2) is 24.3 Å². The molecule has 0 aromatic heterocycles. The van der Waals surface area contributed by atoms with Crippen molar-refractivity contribution in [1.82, 2.24) is 15.5 Å². The van der Waals surface area contributed by atoms with Crippen molar-refractivity contribution < 1.29 is 24.2 Å². The number of aliphatic hydroxyl groups is 1. The fourth-order valence-corrected chi connectivity index (χ4v) is 3.60. The van der Waals surface area contributed by atoms with Crippen molar-refractivity contribution in [2.24, 2.45) is 5.92 Å². The second-order valence-corrected chi connectivity index (χ2v) is 9.76. The average molecular weight is 488 g/mol. The molecule has 2 unspecified atom stereocenters. The van der Waals surface area contributed by atoms with Crippen molar-refractivity contribution in [3.05, 3.63) is 35.4 Å². The van der Waals surface area contributed by atoms with Crippen LogP contribution in [0, 0.1) is 18.3 Å². The van der Waals surface area contributed by atoms with Gasteiger partial charge in [0.1, 0.15) is 17.7 Å². The fraction of sp³-hybridized carbons (Fsp3) is 0.593. The number of carbonyl (C=O) groups excluding carboxylic acids is 3. The first-order valence-electron chi connectivity index (χ1n) is 12.2. The molecular formula is C27H41N3O5. The molecule has 3 N–H and O–H groups in total. The second kappa shape index (κ2) is 14.4. The predicted octanol–water partition coefficient (Wildman–Crippen LogP) is 3.39. The van der Waals surface area contributed by atoms with E-state index in [1.807, 2.05) is 0 Å². The van der Waals surface area contributed by atoms with Crippen LogP contribution >= 0.6 is 0 Å². The van der Waals surface area contributed by atoms with Crippen LogP contribution in [0.3, 0.4) is 0 Å². The van der Waals surface area contributed by atoms with Crippen molar-refractivity contribution in [3.63, 3.8) is 0 Å². The lowest BCUT2D eigenvalue weighted by Crippen LogP contribution is -2.55. The van der Waals surface area contributed by atoms with Gasteiger partial charge in [0.15, 0.2) is 0 Å². The maximum Gasteiger partial charge on any atom is 0.408 e. The first kappa shape index (κ1) is 30.0. The molecule has 8 nitrogen and oxygen atoms in total. The first-order valence-corrected chi connectivity index (χ1v) is 12.2. The zero-order valence-corrected chi connectivity index (χ0v) is 21.9. The molecule has 0 bridgehead atoms. The van der Waals surface area contributed by atoms with E-state index in [4.69, 9.17) is 11.2 Å². The fourth-order valence-electron chi connectivity index (χ4n) is 3.60. The van der Waals surface area contributed by atoms with Crippen molar-refractivity contribution in [3.8, 4) is 12.3 Å². The molecule has 0 saturated heterocycles. The summed E-state index contributed by atoms with van der Waals surface area (Å²) in [5.74, 6) is 1.36. The van der Waals surface area contributed by atoms with E-state index in [2.05, 4.69) is 23.5 Å². The number of carbonyl (C=O) groups is 3. The Balaban J connectivity index is 3.41. The number of nitrogens with one attached hydrogen (secondary N) is 2. The number of nitrogens with zero attached hydrogens (tertiary/aromatic N) is 1. The molecule has 3 amide bonds. The lowest BCUT2D eigenvalue weighted by Gasteiger charge is -2.35. The molecule has 0 fully saturated rings. The number of hydrogen-bond acceptors (Lipinski definition) is 5. The number of benzene rings is 1. The lowest BCUT2D eigenvalue weighted by molar-refractivity contribution is -0.143. The standard InChI is InChI=1S/C27H41N3O5/c1-8-10-13-16-28-24(32)23(21-15-12-11-14-20(21)9-2)30(17-18-31)25(33)22(19(3)4)29-26(34)35-27(5,6)7/h2,11-12,14-15,19,22-23,31H,8,10,13,16-18H2,1,3-7H3,(H,28,32)(H,29,34). The first-order chi connectivity index (χ1) is 16.5. The van der Waals surface area contributed by atoms with Gasteiger partial charge in [-0.2, -0.15) is 0 Å². The summed E-state index contributed by atoms with van der Waals surface area (Å²) in [5.41, 5.74) is 0.203. The Morgan fingerprint density at radius 3 is 2.37 bits per heavy atom. The van der Waals surface area contributed by atoms with Crippen LogP contribution in [-0.2, 0) is 14.3 Å². The summed E-state index contributed by atoms with van der Waals surface area (Å²) in [5, 5.41) is 15.4. The third-order valence-electron chi connectivity index (χ3n) is 5.28. The van der Waals surface area contributed by atoms with E-state index in [1.54, 1.807) is 58.9 Å². The molecule has 0 aliphatic heterocycles. The summed E-state index contributed by atoms with van der Waals surface area (Å²) in [6.45, 7) is 10.8. The molecule has 0 aliphatic rings. The van der Waals surface area contributed by atoms with Crippen LogP contribution < -0.4 is 10.6 Å². The molecule has 194 valence electrons. The van der Waals surface area contributed by atoms with Gasteiger partial charge in [0.05, 0.1) is 6.61 Å². The normalized spacial score (nSPS) is 12.9. The van der Waals surface area contributed by atoms with Gasteiger partial charge in [0.2, 0.25) is 11.8 Å². The van der Waals surface area contributed by atoms with Gasteiger partial charge in [-0.3, -0.25) is 9.59 Å². The monoisotopic (exact) mass is 487 g/mol. The van der Waals surface area contributed by atoms with Gasteiger partial charge >= 0.3 is 6.09 Å². The summed E-state index contributed by atoms with van der Waals surface area (Å²) in [6, 6.07) is 4.85. The third-order valence-corrected chi connectivity index (χ3v) is 5.28. The summed E-state index contributed by atoms with van der Waals surface area (Å²) in [4.78, 5) is 41.0. The number of rotatable bonds is 12. The maximum atomic E-state index is 13.8. The molecule has 1 rings (SSSR count). The van der Waals surface area contributed by atoms with Gasteiger partial charge in [-0.25, -0.2) is 4.79 Å². The molecule has 0 aliphatic carbocycles. The van der Waals surface area contributed by atoms with Gasteiger partial charge in [-0.15, -0.1) is 6.42 Å². The van der Waals surface area contributed by atoms with E-state index in [1.165, 1.54) is 4.90 Å². The largest absolute Gasteiger partial charge is 0.444 e. The smallest absolute Gasteiger partial charge is 0.408 e. The van der Waals surface area contributed by atoms with E-state index in [0.29, 0.717) is 17.7 Å². The molecule has 1 aromatic rings. The predicted molar refractivity (Wildman–Crippen MR) is 136 cm³/mol. The van der Waals surface area contributed by atoms with Crippen molar-refractivity contribution in [2.75, 3.05) is 19.7 Å². The Morgan fingerprint density at radius 1 is 1.17 bits per heavy atom. The van der Waals surface area contributed by atoms with Crippen molar-refractivity contribution >= 4 is 17.9 Å². The highest BCUT2D eigenvalue weighted by Gasteiger charge is 2.37. The number of hydrogen-bond donors (Lipinski definition) is 3. The van der Waals surface area contributed by atoms with Gasteiger partial charge in [0, 0.05) is 18.7 Å². The van der Waals surface area contributed by atoms with Gasteiger partial charge in [-0.1, -0.05) is 57.7 Å². The molecule has 0 spiro atoms. The number of ether oxygens (including phenoxy) is 1. The van der Waals surface area contributed by atoms with Crippen LogP contribution in [-0.4, -0.2) is 59.3 Å². The Kier molecular flexibility index (Phi) is 12.3. The highest BCUT2D eigenvalue weighted by atomic mass is 16.6. The van der Waals surface area contributed by atoms with Gasteiger partial charge in [-0.05, 0) is 44.7 Å². The van der Waals surface area contributed by atoms with E-state index in [0.717, 1.165) is 19.3 Å². The number of terminal acetylenes is 1. The molecule has 0 saturated carbocycles. The van der Waals surface area contributed by atoms with Crippen LogP contribution in [0.4, 0.5) is 4.79 Å². The Morgan fingerprint density at radius 2 is 1.83 bits per heavy atom. The Hall–Kier alpha value is -3.05. The van der Waals surface area contributed by atoms with E-state index in [9.17, 15) is 19.5 Å². The zero-order chi connectivity index (χ0) is 26.6. The molecule has 0 radical (unpaired) electrons. The third kappa shape index (κ3) is 9.61. The molecular weight excluding hydrogens is 446 g/mol.